The van der Waals surface area contributed by atoms with Gasteiger partial charge in [-0.2, -0.15) is 0 Å². The van der Waals surface area contributed by atoms with Gasteiger partial charge in [0.25, 0.3) is 0 Å². The molecule has 1 unspecified atom stereocenters. The van der Waals surface area contributed by atoms with Gasteiger partial charge in [0.05, 0.1) is 11.4 Å². The highest BCUT2D eigenvalue weighted by Gasteiger charge is 2.28. The molecule has 6 heteroatoms. The van der Waals surface area contributed by atoms with Gasteiger partial charge in [-0.3, -0.25) is 14.9 Å². The largest absolute Gasteiger partial charge is 0.296 e. The van der Waals surface area contributed by atoms with Crippen molar-refractivity contribution in [2.45, 2.75) is 18.8 Å². The van der Waals surface area contributed by atoms with E-state index in [1.807, 2.05) is 12.1 Å². The predicted molar refractivity (Wildman–Crippen MR) is 72.4 cm³/mol. The third kappa shape index (κ3) is 2.23. The van der Waals surface area contributed by atoms with Crippen LogP contribution >= 0.6 is 15.9 Å². The smallest absolute Gasteiger partial charge is 0.234 e. The number of halogens is 1. The number of amides is 2. The van der Waals surface area contributed by atoms with E-state index in [2.05, 4.69) is 31.2 Å². The Hall–Kier alpha value is -1.82. The van der Waals surface area contributed by atoms with Crippen molar-refractivity contribution in [3.63, 3.8) is 0 Å². The molecule has 5 nitrogen and oxygen atoms in total. The van der Waals surface area contributed by atoms with E-state index >= 15 is 0 Å². The zero-order chi connectivity index (χ0) is 13.4. The summed E-state index contributed by atoms with van der Waals surface area (Å²) in [4.78, 5) is 31.2. The first-order valence-corrected chi connectivity index (χ1v) is 6.67. The lowest BCUT2D eigenvalue weighted by molar-refractivity contribution is -0.134. The molecule has 3 rings (SSSR count). The number of hydrogen-bond acceptors (Lipinski definition) is 4. The second-order valence-corrected chi connectivity index (χ2v) is 5.32. The molecule has 0 radical (unpaired) electrons. The number of nitrogens with zero attached hydrogens (tertiary/aromatic N) is 2. The van der Waals surface area contributed by atoms with Crippen molar-refractivity contribution in [1.82, 2.24) is 15.3 Å². The Bertz CT molecular complexity index is 687. The summed E-state index contributed by atoms with van der Waals surface area (Å²) in [6.45, 7) is 0. The predicted octanol–water partition coefficient (Wildman–Crippen LogP) is 1.91. The Morgan fingerprint density at radius 3 is 2.95 bits per heavy atom. The standard InChI is InChI=1S/C13H10BrN3O2/c14-10-4-7(3-8-5-15-6-16-12(8)10)9-1-2-11(18)17-13(9)19/h3-6,9H,1-2H2,(H,17,18,19). The van der Waals surface area contributed by atoms with Crippen LogP contribution in [0.3, 0.4) is 0 Å². The Morgan fingerprint density at radius 2 is 2.16 bits per heavy atom. The van der Waals surface area contributed by atoms with Gasteiger partial charge in [-0.25, -0.2) is 9.97 Å². The maximum Gasteiger partial charge on any atom is 0.234 e. The third-order valence-corrected chi connectivity index (χ3v) is 3.83. The van der Waals surface area contributed by atoms with E-state index in [1.54, 1.807) is 6.20 Å². The maximum absolute atomic E-state index is 11.9. The van der Waals surface area contributed by atoms with Crippen molar-refractivity contribution in [3.05, 3.63) is 34.7 Å². The van der Waals surface area contributed by atoms with Crippen molar-refractivity contribution < 1.29 is 9.59 Å². The number of carbonyl (C=O) groups excluding carboxylic acids is 2. The lowest BCUT2D eigenvalue weighted by atomic mass is 9.90. The van der Waals surface area contributed by atoms with E-state index in [4.69, 9.17) is 0 Å². The van der Waals surface area contributed by atoms with Crippen LogP contribution in [0.2, 0.25) is 0 Å². The molecule has 0 bridgehead atoms. The van der Waals surface area contributed by atoms with E-state index in [9.17, 15) is 9.59 Å². The lowest BCUT2D eigenvalue weighted by Gasteiger charge is -2.21. The Morgan fingerprint density at radius 1 is 1.32 bits per heavy atom. The molecule has 0 aliphatic carbocycles. The fraction of sp³-hybridized carbons (Fsp3) is 0.231. The van der Waals surface area contributed by atoms with Crippen LogP contribution in [-0.2, 0) is 9.59 Å². The fourth-order valence-electron chi connectivity index (χ4n) is 2.29. The number of carbonyl (C=O) groups is 2. The third-order valence-electron chi connectivity index (χ3n) is 3.22. The highest BCUT2D eigenvalue weighted by molar-refractivity contribution is 9.10. The molecule has 0 saturated carbocycles. The van der Waals surface area contributed by atoms with Crippen molar-refractivity contribution >= 4 is 38.6 Å². The Labute approximate surface area is 117 Å². The van der Waals surface area contributed by atoms with E-state index < -0.39 is 0 Å². The summed E-state index contributed by atoms with van der Waals surface area (Å²) >= 11 is 3.46. The van der Waals surface area contributed by atoms with Crippen molar-refractivity contribution in [2.75, 3.05) is 0 Å². The summed E-state index contributed by atoms with van der Waals surface area (Å²) in [5, 5.41) is 3.24. The number of hydrogen-bond donors (Lipinski definition) is 1. The zero-order valence-electron chi connectivity index (χ0n) is 9.89. The quantitative estimate of drug-likeness (QED) is 0.815. The maximum atomic E-state index is 11.9. The molecule has 2 aromatic rings. The summed E-state index contributed by atoms with van der Waals surface area (Å²) in [5.41, 5.74) is 1.69. The van der Waals surface area contributed by atoms with Crippen LogP contribution in [0.15, 0.2) is 29.1 Å². The molecule has 1 N–H and O–H groups in total. The SMILES string of the molecule is O=C1CCC(c2cc(Br)c3ncncc3c2)C(=O)N1. The van der Waals surface area contributed by atoms with Crippen LogP contribution in [0.25, 0.3) is 10.9 Å². The number of imide groups is 1. The van der Waals surface area contributed by atoms with Gasteiger partial charge >= 0.3 is 0 Å². The molecule has 1 aliphatic heterocycles. The first-order valence-electron chi connectivity index (χ1n) is 5.88. The van der Waals surface area contributed by atoms with Gasteiger partial charge in [0.1, 0.15) is 6.33 Å². The summed E-state index contributed by atoms with van der Waals surface area (Å²) in [7, 11) is 0. The van der Waals surface area contributed by atoms with E-state index in [0.717, 1.165) is 20.9 Å². The Balaban J connectivity index is 2.06. The average Bonchev–Trinajstić information content (AvgIpc) is 2.38. The number of nitrogens with one attached hydrogen (secondary N) is 1. The Kier molecular flexibility index (Phi) is 3.02. The van der Waals surface area contributed by atoms with Gasteiger partial charge in [-0.1, -0.05) is 0 Å². The van der Waals surface area contributed by atoms with Crippen LogP contribution in [0.4, 0.5) is 0 Å². The van der Waals surface area contributed by atoms with Crippen LogP contribution in [-0.4, -0.2) is 21.8 Å². The molecule has 1 aromatic heterocycles. The number of aromatic nitrogens is 2. The molecule has 96 valence electrons. The van der Waals surface area contributed by atoms with Gasteiger partial charge in [-0.15, -0.1) is 0 Å². The molecule has 2 amide bonds. The molecule has 1 aliphatic rings. The van der Waals surface area contributed by atoms with Gasteiger partial charge in [-0.05, 0) is 40.0 Å². The second kappa shape index (κ2) is 4.70. The van der Waals surface area contributed by atoms with Crippen LogP contribution < -0.4 is 5.32 Å². The topological polar surface area (TPSA) is 72.0 Å². The first kappa shape index (κ1) is 12.2. The van der Waals surface area contributed by atoms with Gasteiger partial charge < -0.3 is 0 Å². The highest BCUT2D eigenvalue weighted by Crippen LogP contribution is 2.31. The second-order valence-electron chi connectivity index (χ2n) is 4.47. The summed E-state index contributed by atoms with van der Waals surface area (Å²) in [6.07, 6.45) is 4.11. The van der Waals surface area contributed by atoms with Crippen molar-refractivity contribution in [3.8, 4) is 0 Å². The van der Waals surface area contributed by atoms with Crippen molar-refractivity contribution in [1.29, 1.82) is 0 Å². The summed E-state index contributed by atoms with van der Waals surface area (Å²) in [5.74, 6) is -0.734. The van der Waals surface area contributed by atoms with Gasteiger partial charge in [0, 0.05) is 22.5 Å². The number of fused-ring (bicyclic) bond motifs is 1. The number of piperidine rings is 1. The molecule has 2 heterocycles. The van der Waals surface area contributed by atoms with E-state index in [-0.39, 0.29) is 17.7 Å². The lowest BCUT2D eigenvalue weighted by Crippen LogP contribution is -2.39. The fourth-order valence-corrected chi connectivity index (χ4v) is 2.89. The monoisotopic (exact) mass is 319 g/mol. The van der Waals surface area contributed by atoms with Gasteiger partial charge in [0.2, 0.25) is 11.8 Å². The first-order chi connectivity index (χ1) is 9.15. The molecule has 1 aromatic carbocycles. The molecule has 1 fully saturated rings. The van der Waals surface area contributed by atoms with Crippen LogP contribution in [0.1, 0.15) is 24.3 Å². The number of rotatable bonds is 1. The summed E-state index contributed by atoms with van der Waals surface area (Å²) < 4.78 is 0.826. The van der Waals surface area contributed by atoms with Crippen LogP contribution in [0, 0.1) is 0 Å². The zero-order valence-corrected chi connectivity index (χ0v) is 11.5. The number of benzene rings is 1. The highest BCUT2D eigenvalue weighted by atomic mass is 79.9. The normalized spacial score (nSPS) is 19.5. The summed E-state index contributed by atoms with van der Waals surface area (Å²) in [6, 6.07) is 3.79. The molecule has 0 spiro atoms. The molecule has 19 heavy (non-hydrogen) atoms. The van der Waals surface area contributed by atoms with Gasteiger partial charge in [0.15, 0.2) is 0 Å². The molecule has 1 saturated heterocycles. The average molecular weight is 320 g/mol. The minimum Gasteiger partial charge on any atom is -0.296 e. The molecule has 1 atom stereocenters. The van der Waals surface area contributed by atoms with Crippen LogP contribution in [0.5, 0.6) is 0 Å². The van der Waals surface area contributed by atoms with Crippen molar-refractivity contribution in [2.24, 2.45) is 0 Å². The minimum atomic E-state index is -0.293. The van der Waals surface area contributed by atoms with E-state index in [0.29, 0.717) is 12.8 Å². The molecular formula is C13H10BrN3O2. The molecular weight excluding hydrogens is 310 g/mol. The van der Waals surface area contributed by atoms with E-state index in [1.165, 1.54) is 6.33 Å². The minimum absolute atomic E-state index is 0.204.